The Kier molecular flexibility index (Phi) is 4.83. The number of rotatable bonds is 4. The van der Waals surface area contributed by atoms with Crippen LogP contribution in [0.4, 0.5) is 25.0 Å². The molecule has 0 radical (unpaired) electrons. The lowest BCUT2D eigenvalue weighted by Gasteiger charge is -2.10. The van der Waals surface area contributed by atoms with E-state index in [1.807, 2.05) is 0 Å². The molecule has 0 aliphatic heterocycles. The van der Waals surface area contributed by atoms with Gasteiger partial charge in [0.15, 0.2) is 0 Å². The summed E-state index contributed by atoms with van der Waals surface area (Å²) >= 11 is 0. The summed E-state index contributed by atoms with van der Waals surface area (Å²) in [6, 6.07) is 9.13. The van der Waals surface area contributed by atoms with Crippen LogP contribution in [0.3, 0.4) is 0 Å². The van der Waals surface area contributed by atoms with Crippen molar-refractivity contribution in [2.45, 2.75) is 6.92 Å². The molecule has 8 heteroatoms. The minimum atomic E-state index is -0.559. The van der Waals surface area contributed by atoms with Crippen LogP contribution in [0.2, 0.25) is 0 Å². The summed E-state index contributed by atoms with van der Waals surface area (Å²) in [6.45, 7) is 1.70. The number of halogens is 2. The number of aromatic amines is 1. The van der Waals surface area contributed by atoms with Crippen LogP contribution in [-0.2, 0) is 0 Å². The normalized spacial score (nSPS) is 10.5. The summed E-state index contributed by atoms with van der Waals surface area (Å²) in [4.78, 5) is 12.2. The lowest BCUT2D eigenvalue weighted by atomic mass is 10.1. The van der Waals surface area contributed by atoms with E-state index < -0.39 is 17.7 Å². The van der Waals surface area contributed by atoms with Crippen LogP contribution in [0.5, 0.6) is 5.75 Å². The van der Waals surface area contributed by atoms with Gasteiger partial charge in [0.1, 0.15) is 23.1 Å². The van der Waals surface area contributed by atoms with Gasteiger partial charge in [-0.1, -0.05) is 0 Å². The van der Waals surface area contributed by atoms with Crippen LogP contribution < -0.4 is 15.4 Å². The molecule has 0 spiro atoms. The molecule has 0 saturated heterocycles. The first kappa shape index (κ1) is 17.4. The van der Waals surface area contributed by atoms with Crippen molar-refractivity contribution in [2.24, 2.45) is 0 Å². The zero-order chi connectivity index (χ0) is 18.7. The second kappa shape index (κ2) is 7.22. The van der Waals surface area contributed by atoms with Crippen LogP contribution in [-0.4, -0.2) is 23.3 Å². The van der Waals surface area contributed by atoms with Gasteiger partial charge in [-0.2, -0.15) is 5.10 Å². The van der Waals surface area contributed by atoms with E-state index in [0.717, 1.165) is 0 Å². The highest BCUT2D eigenvalue weighted by Gasteiger charge is 2.18. The number of aryl methyl sites for hydroxylation is 1. The number of methoxy groups -OCH3 is 1. The molecule has 1 aromatic heterocycles. The average Bonchev–Trinajstić information content (AvgIpc) is 2.97. The smallest absolute Gasteiger partial charge is 0.323 e. The minimum absolute atomic E-state index is 0.215. The molecule has 26 heavy (non-hydrogen) atoms. The van der Waals surface area contributed by atoms with Gasteiger partial charge in [0.2, 0.25) is 0 Å². The Morgan fingerprint density at radius 1 is 1.12 bits per heavy atom. The number of benzene rings is 2. The summed E-state index contributed by atoms with van der Waals surface area (Å²) in [5.74, 6) is -0.557. The van der Waals surface area contributed by atoms with Crippen molar-refractivity contribution in [2.75, 3.05) is 17.7 Å². The molecule has 1 heterocycles. The quantitative estimate of drug-likeness (QED) is 0.650. The number of aromatic nitrogens is 2. The van der Waals surface area contributed by atoms with E-state index in [9.17, 15) is 13.6 Å². The summed E-state index contributed by atoms with van der Waals surface area (Å²) in [7, 11) is 1.44. The Morgan fingerprint density at radius 2 is 1.85 bits per heavy atom. The van der Waals surface area contributed by atoms with Crippen LogP contribution in [0.25, 0.3) is 11.3 Å². The number of ether oxygens (including phenoxy) is 1. The van der Waals surface area contributed by atoms with Crippen LogP contribution >= 0.6 is 0 Å². The fraction of sp³-hybridized carbons (Fsp3) is 0.111. The van der Waals surface area contributed by atoms with Gasteiger partial charge in [-0.05, 0) is 43.3 Å². The molecule has 134 valence electrons. The zero-order valence-electron chi connectivity index (χ0n) is 14.1. The Bertz CT molecular complexity index is 939. The van der Waals surface area contributed by atoms with Gasteiger partial charge in [-0.25, -0.2) is 13.6 Å². The van der Waals surface area contributed by atoms with Crippen molar-refractivity contribution >= 4 is 17.4 Å². The fourth-order valence-corrected chi connectivity index (χ4v) is 2.40. The summed E-state index contributed by atoms with van der Waals surface area (Å²) < 4.78 is 32.3. The number of anilines is 2. The van der Waals surface area contributed by atoms with Gasteiger partial charge in [-0.15, -0.1) is 0 Å². The average molecular weight is 358 g/mol. The first-order valence-corrected chi connectivity index (χ1v) is 7.70. The highest BCUT2D eigenvalue weighted by molar-refractivity contribution is 6.02. The SMILES string of the molecule is COc1ccc(-c2n[nH]c(C)c2NC(=O)Nc2ccc(F)cc2)c(F)c1. The summed E-state index contributed by atoms with van der Waals surface area (Å²) in [5.41, 5.74) is 1.80. The Morgan fingerprint density at radius 3 is 2.50 bits per heavy atom. The number of hydrogen-bond acceptors (Lipinski definition) is 3. The van der Waals surface area contributed by atoms with Crippen LogP contribution in [0.1, 0.15) is 5.69 Å². The molecule has 3 aromatic rings. The van der Waals surface area contributed by atoms with E-state index in [1.54, 1.807) is 13.0 Å². The van der Waals surface area contributed by atoms with Crippen molar-refractivity contribution < 1.29 is 18.3 Å². The Balaban J connectivity index is 1.84. The third kappa shape index (κ3) is 3.64. The van der Waals surface area contributed by atoms with Gasteiger partial charge in [0.25, 0.3) is 0 Å². The monoisotopic (exact) mass is 358 g/mol. The molecule has 0 saturated carbocycles. The van der Waals surface area contributed by atoms with Gasteiger partial charge in [-0.3, -0.25) is 5.10 Å². The van der Waals surface area contributed by atoms with Crippen molar-refractivity contribution in [1.82, 2.24) is 10.2 Å². The fourth-order valence-electron chi connectivity index (χ4n) is 2.40. The molecule has 0 unspecified atom stereocenters. The molecular weight excluding hydrogens is 342 g/mol. The van der Waals surface area contributed by atoms with E-state index in [1.165, 1.54) is 43.5 Å². The van der Waals surface area contributed by atoms with Crippen molar-refractivity contribution in [3.8, 4) is 17.0 Å². The first-order chi connectivity index (χ1) is 12.5. The van der Waals surface area contributed by atoms with Crippen molar-refractivity contribution in [1.29, 1.82) is 0 Å². The van der Waals surface area contributed by atoms with Gasteiger partial charge in [0.05, 0.1) is 18.5 Å². The second-order valence-corrected chi connectivity index (χ2v) is 5.50. The summed E-state index contributed by atoms with van der Waals surface area (Å²) in [6.07, 6.45) is 0. The molecular formula is C18H16F2N4O2. The highest BCUT2D eigenvalue weighted by atomic mass is 19.1. The number of urea groups is 1. The van der Waals surface area contributed by atoms with Crippen molar-refractivity contribution in [3.63, 3.8) is 0 Å². The van der Waals surface area contributed by atoms with Gasteiger partial charge in [0, 0.05) is 17.3 Å². The van der Waals surface area contributed by atoms with E-state index >= 15 is 0 Å². The standard InChI is InChI=1S/C18H16F2N4O2/c1-10-16(22-18(25)21-12-5-3-11(19)4-6-12)17(24-23-10)14-8-7-13(26-2)9-15(14)20/h3-9H,1-2H3,(H,23,24)(H2,21,22,25). The number of H-pyrrole nitrogens is 1. The first-order valence-electron chi connectivity index (χ1n) is 7.70. The van der Waals surface area contributed by atoms with Crippen LogP contribution in [0, 0.1) is 18.6 Å². The largest absolute Gasteiger partial charge is 0.497 e. The number of carbonyl (C=O) groups is 1. The molecule has 0 atom stereocenters. The maximum absolute atomic E-state index is 14.3. The molecule has 3 rings (SSSR count). The zero-order valence-corrected chi connectivity index (χ0v) is 14.1. The predicted molar refractivity (Wildman–Crippen MR) is 94.3 cm³/mol. The van der Waals surface area contributed by atoms with Gasteiger partial charge < -0.3 is 15.4 Å². The molecule has 2 amide bonds. The summed E-state index contributed by atoms with van der Waals surface area (Å²) in [5, 5.41) is 12.0. The lowest BCUT2D eigenvalue weighted by Crippen LogP contribution is -2.20. The number of hydrogen-bond donors (Lipinski definition) is 3. The minimum Gasteiger partial charge on any atom is -0.497 e. The van der Waals surface area contributed by atoms with E-state index in [2.05, 4.69) is 20.8 Å². The third-order valence-corrected chi connectivity index (χ3v) is 3.72. The predicted octanol–water partition coefficient (Wildman–Crippen LogP) is 4.32. The number of amides is 2. The number of nitrogens with one attached hydrogen (secondary N) is 3. The van der Waals surface area contributed by atoms with Crippen molar-refractivity contribution in [3.05, 3.63) is 59.8 Å². The van der Waals surface area contributed by atoms with E-state index in [-0.39, 0.29) is 11.3 Å². The number of carbonyl (C=O) groups excluding carboxylic acids is 1. The highest BCUT2D eigenvalue weighted by Crippen LogP contribution is 2.32. The van der Waals surface area contributed by atoms with Gasteiger partial charge >= 0.3 is 6.03 Å². The van der Waals surface area contributed by atoms with Crippen LogP contribution in [0.15, 0.2) is 42.5 Å². The molecule has 2 aromatic carbocycles. The Labute approximate surface area is 148 Å². The molecule has 6 nitrogen and oxygen atoms in total. The number of nitrogens with zero attached hydrogens (tertiary/aromatic N) is 1. The maximum Gasteiger partial charge on any atom is 0.323 e. The Hall–Kier alpha value is -3.42. The topological polar surface area (TPSA) is 79.0 Å². The molecule has 0 bridgehead atoms. The lowest BCUT2D eigenvalue weighted by molar-refractivity contribution is 0.262. The maximum atomic E-state index is 14.3. The molecule has 3 N–H and O–H groups in total. The van der Waals surface area contributed by atoms with E-state index in [0.29, 0.717) is 22.8 Å². The molecule has 0 aliphatic rings. The van der Waals surface area contributed by atoms with E-state index in [4.69, 9.17) is 4.74 Å². The molecule has 0 fully saturated rings. The molecule has 0 aliphatic carbocycles. The third-order valence-electron chi connectivity index (χ3n) is 3.72. The second-order valence-electron chi connectivity index (χ2n) is 5.50.